The summed E-state index contributed by atoms with van der Waals surface area (Å²) in [5.41, 5.74) is 1.29. The van der Waals surface area contributed by atoms with Crippen LogP contribution in [0.25, 0.3) is 0 Å². The molecule has 5 heteroatoms. The fraction of sp³-hybridized carbons (Fsp3) is 0.444. The van der Waals surface area contributed by atoms with Crippen molar-refractivity contribution in [1.29, 1.82) is 0 Å². The Balaban J connectivity index is 1.51. The van der Waals surface area contributed by atoms with Crippen molar-refractivity contribution in [2.45, 2.75) is 69.9 Å². The van der Waals surface area contributed by atoms with Gasteiger partial charge in [0.25, 0.3) is 0 Å². The van der Waals surface area contributed by atoms with E-state index in [0.717, 1.165) is 16.9 Å². The van der Waals surface area contributed by atoms with Crippen LogP contribution in [0.2, 0.25) is 0 Å². The number of Topliss-reactive ketones (excluding diaryl/α,β-unsaturated/α-hetero) is 1. The van der Waals surface area contributed by atoms with Gasteiger partial charge < -0.3 is 24.5 Å². The van der Waals surface area contributed by atoms with Gasteiger partial charge in [-0.25, -0.2) is 0 Å². The van der Waals surface area contributed by atoms with Gasteiger partial charge in [-0.15, -0.1) is 0 Å². The molecule has 1 saturated carbocycles. The maximum absolute atomic E-state index is 11.4. The van der Waals surface area contributed by atoms with Crippen molar-refractivity contribution in [2.75, 3.05) is 0 Å². The third-order valence-electron chi connectivity index (χ3n) is 6.59. The lowest BCUT2D eigenvalue weighted by Crippen LogP contribution is -2.41. The van der Waals surface area contributed by atoms with Crippen LogP contribution in [0.15, 0.2) is 60.7 Å². The maximum atomic E-state index is 11.4. The Bertz CT molecular complexity index is 981. The molecule has 5 atom stereocenters. The summed E-state index contributed by atoms with van der Waals surface area (Å²) in [5.74, 6) is 1.58. The molecule has 2 aromatic carbocycles. The van der Waals surface area contributed by atoms with Crippen LogP contribution in [-0.2, 0) is 11.2 Å². The molecule has 0 unspecified atom stereocenters. The third-order valence-corrected chi connectivity index (χ3v) is 6.59. The normalized spacial score (nSPS) is 25.3. The van der Waals surface area contributed by atoms with E-state index in [1.165, 1.54) is 0 Å². The Kier molecular flexibility index (Phi) is 6.40. The summed E-state index contributed by atoms with van der Waals surface area (Å²) in [6.07, 6.45) is 3.85. The summed E-state index contributed by atoms with van der Waals surface area (Å²) in [6, 6.07) is 15.5. The molecule has 1 heterocycles. The van der Waals surface area contributed by atoms with E-state index < -0.39 is 17.8 Å². The number of aliphatic hydroxyl groups excluding tert-OH is 2. The van der Waals surface area contributed by atoms with Gasteiger partial charge in [-0.2, -0.15) is 0 Å². The molecular weight excluding hydrogens is 404 g/mol. The molecule has 0 radical (unpaired) electrons. The second-order valence-electron chi connectivity index (χ2n) is 9.45. The van der Waals surface area contributed by atoms with Crippen molar-refractivity contribution in [3.05, 3.63) is 71.8 Å². The van der Waals surface area contributed by atoms with E-state index in [4.69, 9.17) is 9.47 Å². The van der Waals surface area contributed by atoms with Gasteiger partial charge in [0, 0.05) is 30.2 Å². The molecule has 0 amide bonds. The summed E-state index contributed by atoms with van der Waals surface area (Å²) >= 11 is 0. The van der Waals surface area contributed by atoms with Crippen molar-refractivity contribution < 1.29 is 24.5 Å². The number of carbonyl (C=O) groups is 1. The van der Waals surface area contributed by atoms with Crippen LogP contribution in [0.5, 0.6) is 11.5 Å². The number of ether oxygens (including phenoxy) is 2. The summed E-state index contributed by atoms with van der Waals surface area (Å²) in [6.45, 7) is 5.29. The van der Waals surface area contributed by atoms with Gasteiger partial charge in [0.2, 0.25) is 0 Å². The van der Waals surface area contributed by atoms with Crippen LogP contribution in [0.4, 0.5) is 0 Å². The first kappa shape index (κ1) is 22.6. The molecule has 2 N–H and O–H groups in total. The zero-order chi connectivity index (χ0) is 22.9. The third kappa shape index (κ3) is 4.59. The van der Waals surface area contributed by atoms with E-state index in [1.54, 1.807) is 13.0 Å². The highest BCUT2D eigenvalue weighted by molar-refractivity contribution is 5.75. The molecule has 5 nitrogen and oxygen atoms in total. The minimum absolute atomic E-state index is 0.0267. The molecule has 2 aromatic rings. The predicted molar refractivity (Wildman–Crippen MR) is 123 cm³/mol. The second kappa shape index (κ2) is 9.08. The Hall–Kier alpha value is -2.63. The quantitative estimate of drug-likeness (QED) is 0.607. The number of para-hydroxylation sites is 2. The zero-order valence-corrected chi connectivity index (χ0v) is 18.9. The lowest BCUT2D eigenvalue weighted by atomic mass is 9.86. The summed E-state index contributed by atoms with van der Waals surface area (Å²) in [7, 11) is 0. The molecule has 0 aromatic heterocycles. The van der Waals surface area contributed by atoms with Crippen molar-refractivity contribution in [3.8, 4) is 11.5 Å². The average Bonchev–Trinajstić information content (AvgIpc) is 3.25. The minimum atomic E-state index is -0.849. The SMILES string of the molecule is CC(=O)CCc1cccc2c1O[C@H]1C[C@@H](O)[C@H](/C=C/[C@@H](O)C(C)(C)Oc3ccccc3)[C@@H]21. The number of hydrogen-bond acceptors (Lipinski definition) is 5. The van der Waals surface area contributed by atoms with Crippen LogP contribution < -0.4 is 9.47 Å². The first-order valence-electron chi connectivity index (χ1n) is 11.3. The van der Waals surface area contributed by atoms with Gasteiger partial charge >= 0.3 is 0 Å². The summed E-state index contributed by atoms with van der Waals surface area (Å²) in [4.78, 5) is 11.4. The van der Waals surface area contributed by atoms with Crippen molar-refractivity contribution in [3.63, 3.8) is 0 Å². The van der Waals surface area contributed by atoms with Gasteiger partial charge in [0.15, 0.2) is 0 Å². The van der Waals surface area contributed by atoms with E-state index in [9.17, 15) is 15.0 Å². The first-order chi connectivity index (χ1) is 15.3. The average molecular weight is 437 g/mol. The molecule has 0 bridgehead atoms. The summed E-state index contributed by atoms with van der Waals surface area (Å²) < 4.78 is 12.3. The Morgan fingerprint density at radius 2 is 1.97 bits per heavy atom. The van der Waals surface area contributed by atoms with E-state index in [1.807, 2.05) is 62.4 Å². The van der Waals surface area contributed by atoms with Gasteiger partial charge in [0.05, 0.1) is 6.10 Å². The van der Waals surface area contributed by atoms with Crippen LogP contribution in [0.3, 0.4) is 0 Å². The van der Waals surface area contributed by atoms with Crippen molar-refractivity contribution in [2.24, 2.45) is 5.92 Å². The van der Waals surface area contributed by atoms with Crippen LogP contribution in [-0.4, -0.2) is 39.9 Å². The Morgan fingerprint density at radius 3 is 2.69 bits per heavy atom. The van der Waals surface area contributed by atoms with Crippen LogP contribution in [0.1, 0.15) is 50.7 Å². The number of aliphatic hydroxyl groups is 2. The highest BCUT2D eigenvalue weighted by atomic mass is 16.5. The highest BCUT2D eigenvalue weighted by Crippen LogP contribution is 2.52. The predicted octanol–water partition coefficient (Wildman–Crippen LogP) is 4.21. The number of aryl methyl sites for hydroxylation is 1. The molecule has 1 fully saturated rings. The van der Waals surface area contributed by atoms with Gasteiger partial charge in [-0.3, -0.25) is 0 Å². The minimum Gasteiger partial charge on any atom is -0.489 e. The fourth-order valence-electron chi connectivity index (χ4n) is 4.79. The number of rotatable bonds is 8. The molecule has 2 aliphatic rings. The summed E-state index contributed by atoms with van der Waals surface area (Å²) in [5, 5.41) is 21.6. The maximum Gasteiger partial charge on any atom is 0.133 e. The van der Waals surface area contributed by atoms with Gasteiger partial charge in [0.1, 0.15) is 35.1 Å². The Labute approximate surface area is 189 Å². The molecule has 4 rings (SSSR count). The lowest BCUT2D eigenvalue weighted by molar-refractivity contribution is -0.116. The largest absolute Gasteiger partial charge is 0.489 e. The van der Waals surface area contributed by atoms with E-state index in [2.05, 4.69) is 6.07 Å². The first-order valence-corrected chi connectivity index (χ1v) is 11.3. The van der Waals surface area contributed by atoms with Crippen molar-refractivity contribution >= 4 is 5.78 Å². The second-order valence-corrected chi connectivity index (χ2v) is 9.45. The molecule has 32 heavy (non-hydrogen) atoms. The van der Waals surface area contributed by atoms with Crippen LogP contribution >= 0.6 is 0 Å². The number of fused-ring (bicyclic) bond motifs is 3. The Morgan fingerprint density at radius 1 is 1.22 bits per heavy atom. The smallest absolute Gasteiger partial charge is 0.133 e. The number of hydrogen-bond donors (Lipinski definition) is 2. The topological polar surface area (TPSA) is 76.0 Å². The molecular formula is C27H32O5. The van der Waals surface area contributed by atoms with Crippen LogP contribution in [0, 0.1) is 5.92 Å². The zero-order valence-electron chi connectivity index (χ0n) is 18.9. The highest BCUT2D eigenvalue weighted by Gasteiger charge is 2.49. The number of ketones is 1. The fourth-order valence-corrected chi connectivity index (χ4v) is 4.79. The van der Waals surface area contributed by atoms with Crippen molar-refractivity contribution in [1.82, 2.24) is 0 Å². The lowest BCUT2D eigenvalue weighted by Gasteiger charge is -2.30. The molecule has 1 aliphatic carbocycles. The van der Waals surface area contributed by atoms with E-state index >= 15 is 0 Å². The molecule has 170 valence electrons. The van der Waals surface area contributed by atoms with E-state index in [0.29, 0.717) is 25.0 Å². The molecule has 0 saturated heterocycles. The number of benzene rings is 2. The molecule has 0 spiro atoms. The molecule has 1 aliphatic heterocycles. The van der Waals surface area contributed by atoms with Gasteiger partial charge in [-0.1, -0.05) is 48.6 Å². The van der Waals surface area contributed by atoms with E-state index in [-0.39, 0.29) is 23.7 Å². The standard InChI is InChI=1S/C27H32O5/c1-17(28)12-13-18-8-7-11-21-25-20(22(29)16-23(25)31-26(18)21)14-15-24(30)27(2,3)32-19-9-5-4-6-10-19/h4-11,14-15,20,22-25,29-30H,12-13,16H2,1-3H3/b15-14+/t20-,22+,23-,24+,25-/m0/s1. The number of carbonyl (C=O) groups excluding carboxylic acids is 1. The monoisotopic (exact) mass is 436 g/mol. The van der Waals surface area contributed by atoms with Gasteiger partial charge in [-0.05, 0) is 44.9 Å².